The van der Waals surface area contributed by atoms with Gasteiger partial charge in [0.25, 0.3) is 0 Å². The van der Waals surface area contributed by atoms with Gasteiger partial charge in [-0.2, -0.15) is 0 Å². The predicted octanol–water partition coefficient (Wildman–Crippen LogP) is 3.24. The number of methoxy groups -OCH3 is 1. The normalized spacial score (nSPS) is 11.4. The fourth-order valence-corrected chi connectivity index (χ4v) is 2.10. The summed E-state index contributed by atoms with van der Waals surface area (Å²) in [6.45, 7) is 6.06. The molecule has 0 saturated heterocycles. The number of hydrogen-bond donors (Lipinski definition) is 2. The molecule has 0 atom stereocenters. The zero-order valence-electron chi connectivity index (χ0n) is 12.9. The number of benzene rings is 1. The minimum atomic E-state index is -0.474. The second-order valence-electron chi connectivity index (χ2n) is 5.90. The first-order valence-electron chi connectivity index (χ1n) is 7.00. The molecule has 0 unspecified atom stereocenters. The maximum atomic E-state index is 11.6. The molecule has 2 aromatic rings. The van der Waals surface area contributed by atoms with E-state index in [0.29, 0.717) is 6.54 Å². The number of alkyl carbamates (subject to hydrolysis) is 1. The van der Waals surface area contributed by atoms with Crippen LogP contribution in [0, 0.1) is 0 Å². The van der Waals surface area contributed by atoms with E-state index in [1.165, 1.54) is 0 Å². The summed E-state index contributed by atoms with van der Waals surface area (Å²) in [6.07, 6.45) is 2.30. The Morgan fingerprint density at radius 1 is 1.33 bits per heavy atom. The first-order valence-corrected chi connectivity index (χ1v) is 7.00. The predicted molar refractivity (Wildman–Crippen MR) is 82.8 cm³/mol. The van der Waals surface area contributed by atoms with Crippen molar-refractivity contribution in [2.75, 3.05) is 13.7 Å². The fourth-order valence-electron chi connectivity index (χ4n) is 2.10. The first kappa shape index (κ1) is 15.2. The molecule has 1 amide bonds. The lowest BCUT2D eigenvalue weighted by Crippen LogP contribution is -2.33. The van der Waals surface area contributed by atoms with E-state index in [-0.39, 0.29) is 6.09 Å². The Morgan fingerprint density at radius 3 is 2.76 bits per heavy atom. The monoisotopic (exact) mass is 290 g/mol. The van der Waals surface area contributed by atoms with Gasteiger partial charge in [-0.3, -0.25) is 0 Å². The quantitative estimate of drug-likeness (QED) is 0.908. The van der Waals surface area contributed by atoms with Gasteiger partial charge in [-0.25, -0.2) is 4.79 Å². The molecule has 0 spiro atoms. The molecule has 0 aliphatic rings. The zero-order valence-corrected chi connectivity index (χ0v) is 12.9. The van der Waals surface area contributed by atoms with Gasteiger partial charge in [0, 0.05) is 23.6 Å². The van der Waals surface area contributed by atoms with Crippen LogP contribution in [0.15, 0.2) is 24.4 Å². The van der Waals surface area contributed by atoms with Crippen molar-refractivity contribution in [1.82, 2.24) is 10.3 Å². The summed E-state index contributed by atoms with van der Waals surface area (Å²) in [4.78, 5) is 14.8. The van der Waals surface area contributed by atoms with Crippen molar-refractivity contribution in [2.24, 2.45) is 0 Å². The van der Waals surface area contributed by atoms with E-state index < -0.39 is 5.60 Å². The minimum absolute atomic E-state index is 0.389. The molecule has 0 saturated carbocycles. The van der Waals surface area contributed by atoms with Crippen LogP contribution in [-0.4, -0.2) is 30.3 Å². The number of carbonyl (C=O) groups excluding carboxylic acids is 1. The Kier molecular flexibility index (Phi) is 4.40. The number of hydrogen-bond acceptors (Lipinski definition) is 3. The number of fused-ring (bicyclic) bond motifs is 1. The summed E-state index contributed by atoms with van der Waals surface area (Å²) in [7, 11) is 1.65. The molecule has 0 bridgehead atoms. The minimum Gasteiger partial charge on any atom is -0.497 e. The lowest BCUT2D eigenvalue weighted by atomic mass is 10.1. The van der Waals surface area contributed by atoms with E-state index in [1.54, 1.807) is 7.11 Å². The Labute approximate surface area is 124 Å². The first-order chi connectivity index (χ1) is 9.89. The Bertz CT molecular complexity index is 626. The molecular formula is C16H22N2O3. The third-order valence-electron chi connectivity index (χ3n) is 3.04. The third kappa shape index (κ3) is 4.15. The summed E-state index contributed by atoms with van der Waals surface area (Å²) in [6, 6.07) is 5.90. The fraction of sp³-hybridized carbons (Fsp3) is 0.438. The van der Waals surface area contributed by atoms with E-state index in [4.69, 9.17) is 9.47 Å². The van der Waals surface area contributed by atoms with Crippen molar-refractivity contribution >= 4 is 17.0 Å². The van der Waals surface area contributed by atoms with Crippen LogP contribution in [0.5, 0.6) is 5.75 Å². The van der Waals surface area contributed by atoms with Crippen molar-refractivity contribution in [3.63, 3.8) is 0 Å². The molecule has 5 nitrogen and oxygen atoms in total. The lowest BCUT2D eigenvalue weighted by Gasteiger charge is -2.19. The van der Waals surface area contributed by atoms with Crippen molar-refractivity contribution in [3.05, 3.63) is 30.0 Å². The molecule has 0 radical (unpaired) electrons. The second kappa shape index (κ2) is 6.08. The van der Waals surface area contributed by atoms with Gasteiger partial charge in [-0.15, -0.1) is 0 Å². The van der Waals surface area contributed by atoms with Crippen LogP contribution in [0.25, 0.3) is 10.9 Å². The van der Waals surface area contributed by atoms with Crippen molar-refractivity contribution in [3.8, 4) is 5.75 Å². The highest BCUT2D eigenvalue weighted by molar-refractivity contribution is 5.84. The van der Waals surface area contributed by atoms with Crippen LogP contribution in [0.2, 0.25) is 0 Å². The number of ether oxygens (including phenoxy) is 2. The number of aromatic nitrogens is 1. The van der Waals surface area contributed by atoms with Crippen LogP contribution < -0.4 is 10.1 Å². The summed E-state index contributed by atoms with van der Waals surface area (Å²) in [5.41, 5.74) is 1.72. The topological polar surface area (TPSA) is 63.3 Å². The van der Waals surface area contributed by atoms with Crippen molar-refractivity contribution in [2.45, 2.75) is 32.8 Å². The Morgan fingerprint density at radius 2 is 2.10 bits per heavy atom. The molecular weight excluding hydrogens is 268 g/mol. The average Bonchev–Trinajstić information content (AvgIpc) is 2.79. The van der Waals surface area contributed by atoms with E-state index in [9.17, 15) is 4.79 Å². The Balaban J connectivity index is 1.96. The largest absolute Gasteiger partial charge is 0.497 e. The van der Waals surface area contributed by atoms with Crippen LogP contribution in [0.3, 0.4) is 0 Å². The smallest absolute Gasteiger partial charge is 0.407 e. The van der Waals surface area contributed by atoms with Gasteiger partial charge < -0.3 is 19.8 Å². The van der Waals surface area contributed by atoms with Crippen LogP contribution in [0.4, 0.5) is 4.79 Å². The standard InChI is InChI=1S/C16H22N2O3/c1-16(2,3)21-15(19)17-8-7-11-10-18-14-6-5-12(20-4)9-13(11)14/h5-6,9-10,18H,7-8H2,1-4H3,(H,17,19). The number of nitrogens with one attached hydrogen (secondary N) is 2. The summed E-state index contributed by atoms with van der Waals surface area (Å²) < 4.78 is 10.4. The maximum Gasteiger partial charge on any atom is 0.407 e. The van der Waals surface area contributed by atoms with Gasteiger partial charge in [0.05, 0.1) is 7.11 Å². The van der Waals surface area contributed by atoms with Gasteiger partial charge in [0.15, 0.2) is 0 Å². The summed E-state index contributed by atoms with van der Waals surface area (Å²) in [5, 5.41) is 3.88. The number of H-pyrrole nitrogens is 1. The van der Waals surface area contributed by atoms with Crippen molar-refractivity contribution in [1.29, 1.82) is 0 Å². The molecule has 2 N–H and O–H groups in total. The van der Waals surface area contributed by atoms with Crippen LogP contribution in [-0.2, 0) is 11.2 Å². The zero-order chi connectivity index (χ0) is 15.5. The number of amides is 1. The van der Waals surface area contributed by atoms with Crippen LogP contribution >= 0.6 is 0 Å². The molecule has 1 heterocycles. The molecule has 1 aromatic carbocycles. The maximum absolute atomic E-state index is 11.6. The third-order valence-corrected chi connectivity index (χ3v) is 3.04. The summed E-state index contributed by atoms with van der Waals surface area (Å²) >= 11 is 0. The molecule has 1 aromatic heterocycles. The van der Waals surface area contributed by atoms with Gasteiger partial charge in [0.2, 0.25) is 0 Å². The van der Waals surface area contributed by atoms with E-state index >= 15 is 0 Å². The number of carbonyl (C=O) groups is 1. The number of rotatable bonds is 4. The van der Waals surface area contributed by atoms with Gasteiger partial charge in [-0.05, 0) is 51.0 Å². The highest BCUT2D eigenvalue weighted by Crippen LogP contribution is 2.23. The lowest BCUT2D eigenvalue weighted by molar-refractivity contribution is 0.0528. The molecule has 0 fully saturated rings. The average molecular weight is 290 g/mol. The van der Waals surface area contributed by atoms with Crippen molar-refractivity contribution < 1.29 is 14.3 Å². The SMILES string of the molecule is COc1ccc2[nH]cc(CCNC(=O)OC(C)(C)C)c2c1. The van der Waals surface area contributed by atoms with Gasteiger partial charge in [0.1, 0.15) is 11.4 Å². The molecule has 21 heavy (non-hydrogen) atoms. The molecule has 5 heteroatoms. The van der Waals surface area contributed by atoms with E-state index in [0.717, 1.165) is 28.6 Å². The van der Waals surface area contributed by atoms with E-state index in [1.807, 2.05) is 45.2 Å². The molecule has 0 aliphatic heterocycles. The summed E-state index contributed by atoms with van der Waals surface area (Å²) in [5.74, 6) is 0.823. The highest BCUT2D eigenvalue weighted by Gasteiger charge is 2.15. The van der Waals surface area contributed by atoms with Gasteiger partial charge in [-0.1, -0.05) is 0 Å². The molecule has 114 valence electrons. The van der Waals surface area contributed by atoms with E-state index in [2.05, 4.69) is 10.3 Å². The van der Waals surface area contributed by atoms with Crippen LogP contribution in [0.1, 0.15) is 26.3 Å². The number of aromatic amines is 1. The Hall–Kier alpha value is -2.17. The highest BCUT2D eigenvalue weighted by atomic mass is 16.6. The molecule has 2 rings (SSSR count). The second-order valence-corrected chi connectivity index (χ2v) is 5.90. The van der Waals surface area contributed by atoms with Gasteiger partial charge >= 0.3 is 6.09 Å². The molecule has 0 aliphatic carbocycles.